The molecule has 0 aliphatic carbocycles. The van der Waals surface area contributed by atoms with Gasteiger partial charge in [-0.05, 0) is 41.3 Å². The third-order valence-electron chi connectivity index (χ3n) is 3.92. The van der Waals surface area contributed by atoms with Crippen LogP contribution >= 0.6 is 11.3 Å². The predicted molar refractivity (Wildman–Crippen MR) is 109 cm³/mol. The van der Waals surface area contributed by atoms with Gasteiger partial charge in [0.1, 0.15) is 5.82 Å². The number of carbonyl (C=O) groups excluding carboxylic acids is 1. The predicted octanol–water partition coefficient (Wildman–Crippen LogP) is 4.49. The van der Waals surface area contributed by atoms with E-state index in [4.69, 9.17) is 4.42 Å². The van der Waals surface area contributed by atoms with Crippen molar-refractivity contribution in [3.63, 3.8) is 0 Å². The Morgan fingerprint density at radius 3 is 2.82 bits per heavy atom. The third kappa shape index (κ3) is 4.24. The molecule has 0 radical (unpaired) electrons. The summed E-state index contributed by atoms with van der Waals surface area (Å²) in [6, 6.07) is 15.8. The number of thiophene rings is 1. The highest BCUT2D eigenvalue weighted by Gasteiger charge is 2.15. The Balaban J connectivity index is 1.53. The molecule has 0 unspecified atom stereocenters. The number of nitrogens with one attached hydrogen (secondary N) is 2. The van der Waals surface area contributed by atoms with Crippen molar-refractivity contribution in [1.29, 1.82) is 0 Å². The molecule has 0 saturated heterocycles. The highest BCUT2D eigenvalue weighted by molar-refractivity contribution is 7.10. The van der Waals surface area contributed by atoms with Crippen LogP contribution < -0.4 is 10.6 Å². The number of para-hydroxylation sites is 1. The Morgan fingerprint density at radius 1 is 1.14 bits per heavy atom. The third-order valence-corrected chi connectivity index (χ3v) is 4.84. The molecule has 8 heteroatoms. The fraction of sp³-hybridized carbons (Fsp3) is 0.100. The number of hydrogen-bond acceptors (Lipinski definition) is 7. The lowest BCUT2D eigenvalue weighted by molar-refractivity contribution is -0.114. The van der Waals surface area contributed by atoms with Crippen molar-refractivity contribution < 1.29 is 9.21 Å². The second-order valence-electron chi connectivity index (χ2n) is 6.07. The van der Waals surface area contributed by atoms with Gasteiger partial charge in [0.15, 0.2) is 0 Å². The van der Waals surface area contributed by atoms with Crippen LogP contribution in [0.4, 0.5) is 17.5 Å². The summed E-state index contributed by atoms with van der Waals surface area (Å²) >= 11 is 1.62. The molecule has 4 rings (SSSR count). The van der Waals surface area contributed by atoms with Crippen LogP contribution in [-0.4, -0.2) is 21.1 Å². The van der Waals surface area contributed by atoms with Crippen LogP contribution in [0.2, 0.25) is 0 Å². The molecule has 0 saturated carbocycles. The van der Waals surface area contributed by atoms with Crippen LogP contribution in [-0.2, 0) is 11.2 Å². The molecule has 1 aromatic carbocycles. The molecule has 0 fully saturated rings. The molecule has 28 heavy (non-hydrogen) atoms. The molecular weight excluding hydrogens is 374 g/mol. The molecule has 3 aromatic heterocycles. The van der Waals surface area contributed by atoms with Gasteiger partial charge in [-0.2, -0.15) is 0 Å². The molecular formula is C20H17N5O2S. The van der Waals surface area contributed by atoms with Gasteiger partial charge in [-0.3, -0.25) is 4.79 Å². The second kappa shape index (κ2) is 8.01. The SMILES string of the molecule is CC(=O)Nc1cc(Cc2sccc2-c2nnc(Nc3ccccc3)o2)ccn1. The van der Waals surface area contributed by atoms with Gasteiger partial charge in [-0.1, -0.05) is 23.3 Å². The second-order valence-corrected chi connectivity index (χ2v) is 7.07. The lowest BCUT2D eigenvalue weighted by atomic mass is 10.1. The average molecular weight is 391 g/mol. The number of pyridine rings is 1. The fourth-order valence-electron chi connectivity index (χ4n) is 2.71. The molecule has 0 spiro atoms. The first-order valence-electron chi connectivity index (χ1n) is 8.62. The maximum absolute atomic E-state index is 11.2. The summed E-state index contributed by atoms with van der Waals surface area (Å²) < 4.78 is 5.79. The highest BCUT2D eigenvalue weighted by atomic mass is 32.1. The minimum atomic E-state index is -0.147. The zero-order chi connectivity index (χ0) is 19.3. The summed E-state index contributed by atoms with van der Waals surface area (Å²) in [6.45, 7) is 1.46. The summed E-state index contributed by atoms with van der Waals surface area (Å²) in [6.07, 6.45) is 2.36. The van der Waals surface area contributed by atoms with Gasteiger partial charge < -0.3 is 15.1 Å². The van der Waals surface area contributed by atoms with E-state index in [1.807, 2.05) is 53.9 Å². The van der Waals surface area contributed by atoms with Crippen molar-refractivity contribution in [2.75, 3.05) is 10.6 Å². The molecule has 140 valence electrons. The lowest BCUT2D eigenvalue weighted by Gasteiger charge is -2.05. The topological polar surface area (TPSA) is 92.9 Å². The van der Waals surface area contributed by atoms with Gasteiger partial charge in [0, 0.05) is 30.1 Å². The van der Waals surface area contributed by atoms with Crippen LogP contribution in [0.15, 0.2) is 64.5 Å². The molecule has 7 nitrogen and oxygen atoms in total. The lowest BCUT2D eigenvalue weighted by Crippen LogP contribution is -2.07. The smallest absolute Gasteiger partial charge is 0.320 e. The Hall–Kier alpha value is -3.52. The summed E-state index contributed by atoms with van der Waals surface area (Å²) in [5.41, 5.74) is 2.81. The largest absolute Gasteiger partial charge is 0.403 e. The minimum absolute atomic E-state index is 0.147. The monoisotopic (exact) mass is 391 g/mol. The fourth-order valence-corrected chi connectivity index (χ4v) is 3.61. The van der Waals surface area contributed by atoms with Crippen molar-refractivity contribution in [3.05, 3.63) is 70.5 Å². The van der Waals surface area contributed by atoms with Crippen LogP contribution in [0, 0.1) is 0 Å². The number of nitrogens with zero attached hydrogens (tertiary/aromatic N) is 3. The Labute approximate surface area is 165 Å². The maximum Gasteiger partial charge on any atom is 0.320 e. The van der Waals surface area contributed by atoms with E-state index in [0.29, 0.717) is 24.1 Å². The van der Waals surface area contributed by atoms with Gasteiger partial charge in [0.2, 0.25) is 5.91 Å². The van der Waals surface area contributed by atoms with E-state index in [0.717, 1.165) is 21.7 Å². The molecule has 0 atom stereocenters. The van der Waals surface area contributed by atoms with Crippen molar-refractivity contribution in [2.45, 2.75) is 13.3 Å². The van der Waals surface area contributed by atoms with Crippen LogP contribution in [0.1, 0.15) is 17.4 Å². The van der Waals surface area contributed by atoms with Crippen molar-refractivity contribution in [2.24, 2.45) is 0 Å². The first-order valence-corrected chi connectivity index (χ1v) is 9.50. The first kappa shape index (κ1) is 17.9. The van der Waals surface area contributed by atoms with E-state index in [1.165, 1.54) is 6.92 Å². The van der Waals surface area contributed by atoms with E-state index in [2.05, 4.69) is 25.8 Å². The zero-order valence-electron chi connectivity index (χ0n) is 15.0. The normalized spacial score (nSPS) is 10.6. The molecule has 0 bridgehead atoms. The van der Waals surface area contributed by atoms with Gasteiger partial charge in [0.25, 0.3) is 5.89 Å². The molecule has 0 aliphatic rings. The summed E-state index contributed by atoms with van der Waals surface area (Å²) in [5.74, 6) is 0.854. The number of hydrogen-bond donors (Lipinski definition) is 2. The number of carbonyl (C=O) groups is 1. The average Bonchev–Trinajstić information content (AvgIpc) is 3.31. The van der Waals surface area contributed by atoms with E-state index < -0.39 is 0 Å². The summed E-state index contributed by atoms with van der Waals surface area (Å²) in [5, 5.41) is 16.0. The number of anilines is 3. The summed E-state index contributed by atoms with van der Waals surface area (Å²) in [4.78, 5) is 16.5. The highest BCUT2D eigenvalue weighted by Crippen LogP contribution is 2.31. The number of rotatable bonds is 6. The van der Waals surface area contributed by atoms with Crippen LogP contribution in [0.3, 0.4) is 0 Å². The van der Waals surface area contributed by atoms with Crippen LogP contribution in [0.5, 0.6) is 0 Å². The number of benzene rings is 1. The van der Waals surface area contributed by atoms with Gasteiger partial charge in [-0.25, -0.2) is 4.98 Å². The number of aromatic nitrogens is 3. The Bertz CT molecular complexity index is 1090. The molecule has 3 heterocycles. The standard InChI is InChI=1S/C20H17N5O2S/c1-13(26)22-18-12-14(7-9-21-18)11-17-16(8-10-28-17)19-24-25-20(27-19)23-15-5-3-2-4-6-15/h2-10,12H,11H2,1H3,(H,23,25)(H,21,22,26). The maximum atomic E-state index is 11.2. The summed E-state index contributed by atoms with van der Waals surface area (Å²) in [7, 11) is 0. The Morgan fingerprint density at radius 2 is 2.00 bits per heavy atom. The van der Waals surface area contributed by atoms with Gasteiger partial charge in [-0.15, -0.1) is 16.4 Å². The van der Waals surface area contributed by atoms with Gasteiger partial charge in [0.05, 0.1) is 5.56 Å². The first-order chi connectivity index (χ1) is 13.7. The van der Waals surface area contributed by atoms with E-state index in [-0.39, 0.29) is 5.91 Å². The van der Waals surface area contributed by atoms with Crippen molar-refractivity contribution >= 4 is 34.8 Å². The molecule has 0 aliphatic heterocycles. The van der Waals surface area contributed by atoms with Crippen LogP contribution in [0.25, 0.3) is 11.5 Å². The Kier molecular flexibility index (Phi) is 5.11. The van der Waals surface area contributed by atoms with Crippen molar-refractivity contribution in [1.82, 2.24) is 15.2 Å². The molecule has 1 amide bonds. The zero-order valence-corrected chi connectivity index (χ0v) is 15.9. The molecule has 2 N–H and O–H groups in total. The minimum Gasteiger partial charge on any atom is -0.403 e. The van der Waals surface area contributed by atoms with E-state index in [1.54, 1.807) is 17.5 Å². The molecule has 4 aromatic rings. The number of amides is 1. The van der Waals surface area contributed by atoms with E-state index >= 15 is 0 Å². The van der Waals surface area contributed by atoms with Gasteiger partial charge >= 0.3 is 6.01 Å². The quantitative estimate of drug-likeness (QED) is 0.503. The van der Waals surface area contributed by atoms with E-state index in [9.17, 15) is 4.79 Å². The van der Waals surface area contributed by atoms with Crippen molar-refractivity contribution in [3.8, 4) is 11.5 Å².